The molecule has 0 bridgehead atoms. The summed E-state index contributed by atoms with van der Waals surface area (Å²) in [7, 11) is 0. The second-order valence-corrected chi connectivity index (χ2v) is 7.04. The van der Waals surface area contributed by atoms with Gasteiger partial charge in [0.15, 0.2) is 0 Å². The number of hydrogen-bond acceptors (Lipinski definition) is 4. The zero-order valence-electron chi connectivity index (χ0n) is 14.8. The predicted molar refractivity (Wildman–Crippen MR) is 89.4 cm³/mol. The van der Waals surface area contributed by atoms with Gasteiger partial charge in [0.05, 0.1) is 11.6 Å². The van der Waals surface area contributed by atoms with E-state index in [0.717, 1.165) is 42.9 Å². The van der Waals surface area contributed by atoms with Crippen molar-refractivity contribution >= 4 is 5.91 Å². The smallest absolute Gasteiger partial charge is 0.230 e. The summed E-state index contributed by atoms with van der Waals surface area (Å²) in [5.41, 5.74) is 1.81. The first-order valence-corrected chi connectivity index (χ1v) is 9.01. The lowest BCUT2D eigenvalue weighted by Gasteiger charge is -2.35. The van der Waals surface area contributed by atoms with E-state index < -0.39 is 0 Å². The summed E-state index contributed by atoms with van der Waals surface area (Å²) in [6.45, 7) is 11.2. The highest BCUT2D eigenvalue weighted by atomic mass is 16.5. The first-order valence-electron chi connectivity index (χ1n) is 9.01. The number of aryl methyl sites for hydroxylation is 2. The van der Waals surface area contributed by atoms with Gasteiger partial charge in [0.1, 0.15) is 5.76 Å². The molecule has 0 N–H and O–H groups in total. The molecule has 1 aromatic heterocycles. The SMILES string of the molecule is CCN1CCC[C@@H]1[C@H]1CCCN1C(=O)[C@@H](C)c1c(C)noc1C. The van der Waals surface area contributed by atoms with E-state index in [2.05, 4.69) is 21.9 Å². The van der Waals surface area contributed by atoms with Crippen molar-refractivity contribution in [3.8, 4) is 0 Å². The van der Waals surface area contributed by atoms with Crippen LogP contribution in [0.4, 0.5) is 0 Å². The van der Waals surface area contributed by atoms with Gasteiger partial charge in [-0.05, 0) is 59.5 Å². The van der Waals surface area contributed by atoms with Crippen LogP contribution in [0, 0.1) is 13.8 Å². The third-order valence-electron chi connectivity index (χ3n) is 5.74. The van der Waals surface area contributed by atoms with Gasteiger partial charge < -0.3 is 9.42 Å². The van der Waals surface area contributed by atoms with Crippen LogP contribution < -0.4 is 0 Å². The zero-order valence-corrected chi connectivity index (χ0v) is 14.8. The predicted octanol–water partition coefficient (Wildman–Crippen LogP) is 2.87. The Hall–Kier alpha value is -1.36. The molecule has 128 valence electrons. The molecule has 0 aromatic carbocycles. The number of aromatic nitrogens is 1. The van der Waals surface area contributed by atoms with Crippen LogP contribution in [-0.4, -0.2) is 52.6 Å². The van der Waals surface area contributed by atoms with Crippen molar-refractivity contribution < 1.29 is 9.32 Å². The van der Waals surface area contributed by atoms with E-state index >= 15 is 0 Å². The molecule has 3 atom stereocenters. The van der Waals surface area contributed by atoms with Gasteiger partial charge in [0, 0.05) is 24.2 Å². The molecule has 0 spiro atoms. The monoisotopic (exact) mass is 319 g/mol. The summed E-state index contributed by atoms with van der Waals surface area (Å²) in [6.07, 6.45) is 4.75. The minimum atomic E-state index is -0.168. The van der Waals surface area contributed by atoms with Crippen LogP contribution in [0.1, 0.15) is 62.5 Å². The van der Waals surface area contributed by atoms with Crippen molar-refractivity contribution in [2.24, 2.45) is 0 Å². The van der Waals surface area contributed by atoms with Crippen LogP contribution in [0.25, 0.3) is 0 Å². The number of hydrogen-bond donors (Lipinski definition) is 0. The van der Waals surface area contributed by atoms with Crippen molar-refractivity contribution in [3.05, 3.63) is 17.0 Å². The average molecular weight is 319 g/mol. The Morgan fingerprint density at radius 1 is 1.26 bits per heavy atom. The van der Waals surface area contributed by atoms with Gasteiger partial charge in [-0.15, -0.1) is 0 Å². The molecule has 1 aromatic rings. The average Bonchev–Trinajstić information content (AvgIpc) is 3.25. The molecule has 3 rings (SSSR count). The van der Waals surface area contributed by atoms with Crippen LogP contribution in [0.15, 0.2) is 4.52 Å². The van der Waals surface area contributed by atoms with E-state index in [4.69, 9.17) is 4.52 Å². The van der Waals surface area contributed by atoms with Crippen molar-refractivity contribution in [2.45, 2.75) is 71.4 Å². The number of carbonyl (C=O) groups is 1. The van der Waals surface area contributed by atoms with E-state index in [1.165, 1.54) is 19.4 Å². The third kappa shape index (κ3) is 2.91. The molecule has 0 aliphatic carbocycles. The van der Waals surface area contributed by atoms with Gasteiger partial charge in [-0.2, -0.15) is 0 Å². The summed E-state index contributed by atoms with van der Waals surface area (Å²) in [5, 5.41) is 4.01. The molecular weight excluding hydrogens is 290 g/mol. The number of nitrogens with zero attached hydrogens (tertiary/aromatic N) is 3. The summed E-state index contributed by atoms with van der Waals surface area (Å²) in [5.74, 6) is 0.846. The minimum absolute atomic E-state index is 0.168. The second kappa shape index (κ2) is 6.63. The molecule has 0 radical (unpaired) electrons. The van der Waals surface area contributed by atoms with E-state index in [1.54, 1.807) is 0 Å². The Balaban J connectivity index is 1.78. The fourth-order valence-corrected chi connectivity index (χ4v) is 4.63. The Morgan fingerprint density at radius 2 is 1.96 bits per heavy atom. The molecular formula is C18H29N3O2. The molecule has 2 saturated heterocycles. The maximum atomic E-state index is 13.1. The summed E-state index contributed by atoms with van der Waals surface area (Å²) >= 11 is 0. The highest BCUT2D eigenvalue weighted by Gasteiger charge is 2.41. The summed E-state index contributed by atoms with van der Waals surface area (Å²) in [6, 6.07) is 0.927. The van der Waals surface area contributed by atoms with Gasteiger partial charge in [0.2, 0.25) is 5.91 Å². The second-order valence-electron chi connectivity index (χ2n) is 7.04. The number of carbonyl (C=O) groups excluding carboxylic acids is 1. The van der Waals surface area contributed by atoms with Crippen molar-refractivity contribution in [3.63, 3.8) is 0 Å². The number of likely N-dealkylation sites (N-methyl/N-ethyl adjacent to an activating group) is 1. The van der Waals surface area contributed by atoms with Gasteiger partial charge in [-0.1, -0.05) is 12.1 Å². The standard InChI is InChI=1S/C18H29N3O2/c1-5-20-10-6-8-15(20)16-9-7-11-21(16)18(22)12(2)17-13(3)19-23-14(17)4/h12,15-16H,5-11H2,1-4H3/t12-,15+,16+/m0/s1. The maximum Gasteiger partial charge on any atom is 0.230 e. The molecule has 0 saturated carbocycles. The third-order valence-corrected chi connectivity index (χ3v) is 5.74. The Labute approximate surface area is 139 Å². The van der Waals surface area contributed by atoms with Gasteiger partial charge >= 0.3 is 0 Å². The van der Waals surface area contributed by atoms with Crippen LogP contribution in [-0.2, 0) is 4.79 Å². The quantitative estimate of drug-likeness (QED) is 0.856. The molecule has 5 nitrogen and oxygen atoms in total. The van der Waals surface area contributed by atoms with E-state index in [9.17, 15) is 4.79 Å². The first-order chi connectivity index (χ1) is 11.0. The van der Waals surface area contributed by atoms with Crippen molar-refractivity contribution in [1.29, 1.82) is 0 Å². The highest BCUT2D eigenvalue weighted by molar-refractivity contribution is 5.84. The molecule has 2 aliphatic rings. The first kappa shape index (κ1) is 16.5. The van der Waals surface area contributed by atoms with Crippen LogP contribution >= 0.6 is 0 Å². The van der Waals surface area contributed by atoms with Gasteiger partial charge in [-0.25, -0.2) is 0 Å². The van der Waals surface area contributed by atoms with E-state index in [1.807, 2.05) is 20.8 Å². The van der Waals surface area contributed by atoms with Crippen molar-refractivity contribution in [2.75, 3.05) is 19.6 Å². The normalized spacial score (nSPS) is 26.9. The Morgan fingerprint density at radius 3 is 2.61 bits per heavy atom. The lowest BCUT2D eigenvalue weighted by atomic mass is 9.96. The molecule has 1 amide bonds. The Kier molecular flexibility index (Phi) is 4.76. The van der Waals surface area contributed by atoms with Crippen LogP contribution in [0.2, 0.25) is 0 Å². The minimum Gasteiger partial charge on any atom is -0.361 e. The van der Waals surface area contributed by atoms with Crippen LogP contribution in [0.3, 0.4) is 0 Å². The fourth-order valence-electron chi connectivity index (χ4n) is 4.63. The topological polar surface area (TPSA) is 49.6 Å². The van der Waals surface area contributed by atoms with Crippen LogP contribution in [0.5, 0.6) is 0 Å². The molecule has 2 aliphatic heterocycles. The van der Waals surface area contributed by atoms with E-state index in [0.29, 0.717) is 12.1 Å². The highest BCUT2D eigenvalue weighted by Crippen LogP contribution is 2.33. The molecule has 0 unspecified atom stereocenters. The van der Waals surface area contributed by atoms with Gasteiger partial charge in [-0.3, -0.25) is 9.69 Å². The van der Waals surface area contributed by atoms with Gasteiger partial charge in [0.25, 0.3) is 0 Å². The fraction of sp³-hybridized carbons (Fsp3) is 0.778. The zero-order chi connectivity index (χ0) is 16.6. The maximum absolute atomic E-state index is 13.1. The molecule has 23 heavy (non-hydrogen) atoms. The van der Waals surface area contributed by atoms with E-state index in [-0.39, 0.29) is 11.8 Å². The summed E-state index contributed by atoms with van der Waals surface area (Å²) in [4.78, 5) is 17.8. The molecule has 2 fully saturated rings. The lowest BCUT2D eigenvalue weighted by Crippen LogP contribution is -2.49. The van der Waals surface area contributed by atoms with Crippen molar-refractivity contribution in [1.82, 2.24) is 15.0 Å². The number of likely N-dealkylation sites (tertiary alicyclic amines) is 2. The largest absolute Gasteiger partial charge is 0.361 e. The summed E-state index contributed by atoms with van der Waals surface area (Å²) < 4.78 is 5.26. The Bertz CT molecular complexity index is 549. The lowest BCUT2D eigenvalue weighted by molar-refractivity contribution is -0.134. The molecule has 5 heteroatoms. The molecule has 3 heterocycles. The number of rotatable bonds is 4. The number of amides is 1.